The molecule has 0 saturated heterocycles. The standard InChI is InChI=1S/C16H23NO5/c1-11(10-18)4-3-5-17-16(19)12-8-13(20-2)15-14(9-12)21-6-7-22-15/h8-9,11,18H,3-7,10H2,1-2H3,(H,17,19)/t11-/m0/s1. The first kappa shape index (κ1) is 16.4. The molecule has 122 valence electrons. The lowest BCUT2D eigenvalue weighted by Crippen LogP contribution is -2.25. The normalized spacial score (nSPS) is 14.3. The molecule has 0 bridgehead atoms. The van der Waals surface area contributed by atoms with E-state index in [2.05, 4.69) is 5.32 Å². The van der Waals surface area contributed by atoms with Gasteiger partial charge >= 0.3 is 0 Å². The third-order valence-corrected chi connectivity index (χ3v) is 3.56. The summed E-state index contributed by atoms with van der Waals surface area (Å²) >= 11 is 0. The third kappa shape index (κ3) is 4.04. The Morgan fingerprint density at radius 3 is 2.91 bits per heavy atom. The number of hydrogen-bond donors (Lipinski definition) is 2. The van der Waals surface area contributed by atoms with Gasteiger partial charge in [0.15, 0.2) is 11.5 Å². The summed E-state index contributed by atoms with van der Waals surface area (Å²) in [6, 6.07) is 3.32. The lowest BCUT2D eigenvalue weighted by atomic mass is 10.1. The minimum Gasteiger partial charge on any atom is -0.493 e. The van der Waals surface area contributed by atoms with Crippen LogP contribution < -0.4 is 19.5 Å². The van der Waals surface area contributed by atoms with Gasteiger partial charge in [-0.3, -0.25) is 4.79 Å². The summed E-state index contributed by atoms with van der Waals surface area (Å²) in [6.07, 6.45) is 1.70. The fraction of sp³-hybridized carbons (Fsp3) is 0.562. The van der Waals surface area contributed by atoms with E-state index in [1.807, 2.05) is 6.92 Å². The second-order valence-corrected chi connectivity index (χ2v) is 5.39. The van der Waals surface area contributed by atoms with Gasteiger partial charge in [-0.1, -0.05) is 6.92 Å². The van der Waals surface area contributed by atoms with Crippen molar-refractivity contribution in [3.05, 3.63) is 17.7 Å². The van der Waals surface area contributed by atoms with Gasteiger partial charge in [0.2, 0.25) is 5.75 Å². The lowest BCUT2D eigenvalue weighted by Gasteiger charge is -2.21. The summed E-state index contributed by atoms with van der Waals surface area (Å²) in [7, 11) is 1.53. The van der Waals surface area contributed by atoms with Crippen molar-refractivity contribution in [1.29, 1.82) is 0 Å². The summed E-state index contributed by atoms with van der Waals surface area (Å²) in [4.78, 5) is 12.2. The molecular formula is C16H23NO5. The molecule has 0 aromatic heterocycles. The first-order chi connectivity index (χ1) is 10.7. The van der Waals surface area contributed by atoms with E-state index >= 15 is 0 Å². The molecule has 0 aliphatic carbocycles. The fourth-order valence-corrected chi connectivity index (χ4v) is 2.25. The average Bonchev–Trinajstić information content (AvgIpc) is 2.57. The smallest absolute Gasteiger partial charge is 0.251 e. The molecule has 1 aromatic carbocycles. The Bertz CT molecular complexity index is 500. The Hall–Kier alpha value is -1.95. The first-order valence-electron chi connectivity index (χ1n) is 7.52. The van der Waals surface area contributed by atoms with E-state index in [0.717, 1.165) is 12.8 Å². The Labute approximate surface area is 130 Å². The van der Waals surface area contributed by atoms with Gasteiger partial charge in [-0.05, 0) is 30.9 Å². The number of aliphatic hydroxyl groups is 1. The van der Waals surface area contributed by atoms with Crippen LogP contribution in [0.3, 0.4) is 0 Å². The number of carbonyl (C=O) groups excluding carboxylic acids is 1. The van der Waals surface area contributed by atoms with Crippen molar-refractivity contribution >= 4 is 5.91 Å². The van der Waals surface area contributed by atoms with Crippen LogP contribution in [0, 0.1) is 5.92 Å². The largest absolute Gasteiger partial charge is 0.493 e. The van der Waals surface area contributed by atoms with Crippen LogP contribution >= 0.6 is 0 Å². The summed E-state index contributed by atoms with van der Waals surface area (Å²) in [5.74, 6) is 1.65. The molecule has 0 spiro atoms. The van der Waals surface area contributed by atoms with E-state index in [1.165, 1.54) is 7.11 Å². The second kappa shape index (κ2) is 7.89. The molecule has 1 amide bonds. The first-order valence-corrected chi connectivity index (χ1v) is 7.52. The average molecular weight is 309 g/mol. The maximum absolute atomic E-state index is 12.2. The molecule has 1 heterocycles. The Morgan fingerprint density at radius 2 is 2.18 bits per heavy atom. The number of fused-ring (bicyclic) bond motifs is 1. The molecule has 22 heavy (non-hydrogen) atoms. The van der Waals surface area contributed by atoms with Gasteiger partial charge in [0.05, 0.1) is 7.11 Å². The Balaban J connectivity index is 1.97. The molecule has 1 aromatic rings. The van der Waals surface area contributed by atoms with Gasteiger partial charge in [-0.25, -0.2) is 0 Å². The van der Waals surface area contributed by atoms with E-state index in [1.54, 1.807) is 12.1 Å². The molecule has 2 rings (SSSR count). The number of nitrogens with one attached hydrogen (secondary N) is 1. The van der Waals surface area contributed by atoms with Crippen molar-refractivity contribution in [1.82, 2.24) is 5.32 Å². The zero-order valence-electron chi connectivity index (χ0n) is 13.1. The van der Waals surface area contributed by atoms with Crippen LogP contribution in [0.1, 0.15) is 30.1 Å². The van der Waals surface area contributed by atoms with Crippen LogP contribution in [0.15, 0.2) is 12.1 Å². The van der Waals surface area contributed by atoms with Crippen molar-refractivity contribution < 1.29 is 24.1 Å². The number of rotatable bonds is 7. The maximum Gasteiger partial charge on any atom is 0.251 e. The van der Waals surface area contributed by atoms with E-state index in [-0.39, 0.29) is 18.4 Å². The highest BCUT2D eigenvalue weighted by Crippen LogP contribution is 2.40. The summed E-state index contributed by atoms with van der Waals surface area (Å²) in [5.41, 5.74) is 0.483. The molecule has 0 saturated carbocycles. The lowest BCUT2D eigenvalue weighted by molar-refractivity contribution is 0.0950. The molecule has 0 radical (unpaired) electrons. The van der Waals surface area contributed by atoms with Crippen molar-refractivity contribution in [2.24, 2.45) is 5.92 Å². The summed E-state index contributed by atoms with van der Waals surface area (Å²) in [6.45, 7) is 3.65. The SMILES string of the molecule is COc1cc(C(=O)NCCC[C@H](C)CO)cc2c1OCCO2. The minimum absolute atomic E-state index is 0.174. The Kier molecular flexibility index (Phi) is 5.89. The number of carbonyl (C=O) groups is 1. The highest BCUT2D eigenvalue weighted by Gasteiger charge is 2.20. The molecule has 6 heteroatoms. The van der Waals surface area contributed by atoms with Crippen LogP contribution in [0.2, 0.25) is 0 Å². The van der Waals surface area contributed by atoms with Crippen LogP contribution in [-0.2, 0) is 0 Å². The van der Waals surface area contributed by atoms with Crippen LogP contribution in [0.5, 0.6) is 17.2 Å². The topological polar surface area (TPSA) is 77.0 Å². The van der Waals surface area contributed by atoms with E-state index in [9.17, 15) is 4.79 Å². The summed E-state index contributed by atoms with van der Waals surface area (Å²) in [5, 5.41) is 11.8. The fourth-order valence-electron chi connectivity index (χ4n) is 2.25. The van der Waals surface area contributed by atoms with Crippen molar-refractivity contribution in [2.75, 3.05) is 33.5 Å². The molecule has 1 aliphatic heterocycles. The van der Waals surface area contributed by atoms with Crippen molar-refractivity contribution in [3.63, 3.8) is 0 Å². The van der Waals surface area contributed by atoms with Gasteiger partial charge in [0, 0.05) is 18.7 Å². The molecule has 2 N–H and O–H groups in total. The summed E-state index contributed by atoms with van der Waals surface area (Å²) < 4.78 is 16.3. The van der Waals surface area contributed by atoms with Gasteiger partial charge in [0.1, 0.15) is 13.2 Å². The van der Waals surface area contributed by atoms with Crippen LogP contribution in [0.4, 0.5) is 0 Å². The molecule has 0 unspecified atom stereocenters. The van der Waals surface area contributed by atoms with Crippen LogP contribution in [0.25, 0.3) is 0 Å². The quantitative estimate of drug-likeness (QED) is 0.748. The molecule has 0 fully saturated rings. The van der Waals surface area contributed by atoms with Crippen molar-refractivity contribution in [2.45, 2.75) is 19.8 Å². The number of methoxy groups -OCH3 is 1. The second-order valence-electron chi connectivity index (χ2n) is 5.39. The van der Waals surface area contributed by atoms with Crippen molar-refractivity contribution in [3.8, 4) is 17.2 Å². The molecule has 6 nitrogen and oxygen atoms in total. The van der Waals surface area contributed by atoms with Gasteiger partial charge in [0.25, 0.3) is 5.91 Å². The maximum atomic E-state index is 12.2. The van der Waals surface area contributed by atoms with Crippen LogP contribution in [-0.4, -0.2) is 44.5 Å². The third-order valence-electron chi connectivity index (χ3n) is 3.56. The number of ether oxygens (including phenoxy) is 3. The minimum atomic E-state index is -0.174. The predicted molar refractivity (Wildman–Crippen MR) is 81.8 cm³/mol. The number of hydrogen-bond acceptors (Lipinski definition) is 5. The molecule has 1 aliphatic rings. The zero-order chi connectivity index (χ0) is 15.9. The molecular weight excluding hydrogens is 286 g/mol. The molecule has 1 atom stereocenters. The highest BCUT2D eigenvalue weighted by atomic mass is 16.6. The van der Waals surface area contributed by atoms with E-state index in [4.69, 9.17) is 19.3 Å². The van der Waals surface area contributed by atoms with Gasteiger partial charge in [-0.15, -0.1) is 0 Å². The zero-order valence-corrected chi connectivity index (χ0v) is 13.1. The van der Waals surface area contributed by atoms with Gasteiger partial charge < -0.3 is 24.6 Å². The highest BCUT2D eigenvalue weighted by molar-refractivity contribution is 5.95. The number of benzene rings is 1. The monoisotopic (exact) mass is 309 g/mol. The number of aliphatic hydroxyl groups excluding tert-OH is 1. The van der Waals surface area contributed by atoms with E-state index in [0.29, 0.717) is 42.6 Å². The predicted octanol–water partition coefficient (Wildman–Crippen LogP) is 1.60. The Morgan fingerprint density at radius 1 is 1.41 bits per heavy atom. The number of amides is 1. The van der Waals surface area contributed by atoms with Gasteiger partial charge in [-0.2, -0.15) is 0 Å². The van der Waals surface area contributed by atoms with E-state index < -0.39 is 0 Å².